The zero-order chi connectivity index (χ0) is 12.1. The summed E-state index contributed by atoms with van der Waals surface area (Å²) in [6.45, 7) is 5.36. The predicted octanol–water partition coefficient (Wildman–Crippen LogP) is 1.63. The molecule has 16 heavy (non-hydrogen) atoms. The van der Waals surface area contributed by atoms with Gasteiger partial charge in [0, 0.05) is 27.2 Å². The third-order valence-corrected chi connectivity index (χ3v) is 2.46. The molecule has 0 N–H and O–H groups in total. The van der Waals surface area contributed by atoms with Crippen LogP contribution in [0, 0.1) is 0 Å². The number of amides is 1. The fraction of sp³-hybridized carbons (Fsp3) is 0.500. The molecule has 1 aromatic rings. The number of carbonyl (C=O) groups excluding carboxylic acids is 1. The van der Waals surface area contributed by atoms with E-state index in [1.807, 2.05) is 45.0 Å². The largest absolute Gasteiger partial charge is 0.363 e. The fourth-order valence-corrected chi connectivity index (χ4v) is 1.46. The van der Waals surface area contributed by atoms with Crippen molar-refractivity contribution in [2.75, 3.05) is 32.1 Å². The van der Waals surface area contributed by atoms with Gasteiger partial charge in [0.15, 0.2) is 0 Å². The highest BCUT2D eigenvalue weighted by Gasteiger charge is 2.14. The smallest absolute Gasteiger partial charge is 0.272 e. The first-order chi connectivity index (χ1) is 7.60. The van der Waals surface area contributed by atoms with Gasteiger partial charge < -0.3 is 9.80 Å². The Balaban J connectivity index is 2.95. The van der Waals surface area contributed by atoms with Crippen LogP contribution in [0.15, 0.2) is 18.2 Å². The van der Waals surface area contributed by atoms with Crippen molar-refractivity contribution >= 4 is 11.7 Å². The van der Waals surface area contributed by atoms with E-state index in [0.717, 1.165) is 5.82 Å². The van der Waals surface area contributed by atoms with Crippen molar-refractivity contribution in [1.82, 2.24) is 9.88 Å². The van der Waals surface area contributed by atoms with Gasteiger partial charge in [0.05, 0.1) is 0 Å². The van der Waals surface area contributed by atoms with Gasteiger partial charge >= 0.3 is 0 Å². The Morgan fingerprint density at radius 1 is 1.25 bits per heavy atom. The second-order valence-corrected chi connectivity index (χ2v) is 3.75. The molecule has 1 rings (SSSR count). The molecular formula is C12H19N3O. The highest BCUT2D eigenvalue weighted by Crippen LogP contribution is 2.09. The SMILES string of the molecule is CCN(CC)C(=O)c1cccc(N(C)C)n1. The van der Waals surface area contributed by atoms with Gasteiger partial charge in [0.25, 0.3) is 5.91 Å². The van der Waals surface area contributed by atoms with Crippen LogP contribution in [-0.2, 0) is 0 Å². The van der Waals surface area contributed by atoms with E-state index in [2.05, 4.69) is 4.98 Å². The molecule has 0 aromatic carbocycles. The van der Waals surface area contributed by atoms with Gasteiger partial charge in [-0.25, -0.2) is 4.98 Å². The Hall–Kier alpha value is -1.58. The van der Waals surface area contributed by atoms with E-state index >= 15 is 0 Å². The molecule has 0 aliphatic carbocycles. The van der Waals surface area contributed by atoms with E-state index in [1.54, 1.807) is 11.0 Å². The quantitative estimate of drug-likeness (QED) is 0.775. The topological polar surface area (TPSA) is 36.4 Å². The van der Waals surface area contributed by atoms with Crippen LogP contribution >= 0.6 is 0 Å². The summed E-state index contributed by atoms with van der Waals surface area (Å²) in [5.74, 6) is 0.798. The van der Waals surface area contributed by atoms with Crippen molar-refractivity contribution in [3.05, 3.63) is 23.9 Å². The molecule has 0 spiro atoms. The van der Waals surface area contributed by atoms with Crippen molar-refractivity contribution < 1.29 is 4.79 Å². The number of rotatable bonds is 4. The Bertz CT molecular complexity index is 359. The summed E-state index contributed by atoms with van der Waals surface area (Å²) >= 11 is 0. The Morgan fingerprint density at radius 3 is 2.38 bits per heavy atom. The first-order valence-corrected chi connectivity index (χ1v) is 5.53. The zero-order valence-corrected chi connectivity index (χ0v) is 10.4. The second kappa shape index (κ2) is 5.49. The minimum atomic E-state index is -0.00583. The Morgan fingerprint density at radius 2 is 1.88 bits per heavy atom. The molecule has 0 saturated carbocycles. The minimum absolute atomic E-state index is 0.00583. The standard InChI is InChI=1S/C12H19N3O/c1-5-15(6-2)12(16)10-8-7-9-11(13-10)14(3)4/h7-9H,5-6H2,1-4H3. The lowest BCUT2D eigenvalue weighted by Gasteiger charge is -2.19. The molecule has 4 heteroatoms. The molecule has 0 atom stereocenters. The van der Waals surface area contributed by atoms with E-state index in [4.69, 9.17) is 0 Å². The van der Waals surface area contributed by atoms with Gasteiger partial charge in [-0.15, -0.1) is 0 Å². The highest BCUT2D eigenvalue weighted by atomic mass is 16.2. The van der Waals surface area contributed by atoms with Crippen molar-refractivity contribution in [3.63, 3.8) is 0 Å². The fourth-order valence-electron chi connectivity index (χ4n) is 1.46. The lowest BCUT2D eigenvalue weighted by atomic mass is 10.3. The van der Waals surface area contributed by atoms with Crippen LogP contribution in [0.3, 0.4) is 0 Å². The molecule has 4 nitrogen and oxygen atoms in total. The summed E-state index contributed by atoms with van der Waals surface area (Å²) in [7, 11) is 3.82. The van der Waals surface area contributed by atoms with Gasteiger partial charge in [-0.1, -0.05) is 6.07 Å². The first-order valence-electron chi connectivity index (χ1n) is 5.53. The molecule has 0 unspecified atom stereocenters. The zero-order valence-electron chi connectivity index (χ0n) is 10.4. The van der Waals surface area contributed by atoms with E-state index in [-0.39, 0.29) is 5.91 Å². The number of pyridine rings is 1. The molecule has 0 saturated heterocycles. The maximum Gasteiger partial charge on any atom is 0.272 e. The van der Waals surface area contributed by atoms with Gasteiger partial charge in [-0.2, -0.15) is 0 Å². The van der Waals surface area contributed by atoms with E-state index in [1.165, 1.54) is 0 Å². The maximum absolute atomic E-state index is 12.0. The molecule has 0 fully saturated rings. The molecule has 88 valence electrons. The summed E-state index contributed by atoms with van der Waals surface area (Å²) in [6, 6.07) is 5.51. The molecule has 0 aliphatic rings. The van der Waals surface area contributed by atoms with Crippen LogP contribution in [0.25, 0.3) is 0 Å². The monoisotopic (exact) mass is 221 g/mol. The summed E-state index contributed by atoms with van der Waals surface area (Å²) in [5.41, 5.74) is 0.509. The molecule has 0 bridgehead atoms. The van der Waals surface area contributed by atoms with Crippen LogP contribution in [0.5, 0.6) is 0 Å². The number of nitrogens with zero attached hydrogens (tertiary/aromatic N) is 3. The van der Waals surface area contributed by atoms with Crippen LogP contribution in [0.1, 0.15) is 24.3 Å². The second-order valence-electron chi connectivity index (χ2n) is 3.75. The van der Waals surface area contributed by atoms with Crippen LogP contribution < -0.4 is 4.90 Å². The summed E-state index contributed by atoms with van der Waals surface area (Å²) < 4.78 is 0. The molecule has 0 radical (unpaired) electrons. The molecule has 1 heterocycles. The van der Waals surface area contributed by atoms with E-state index < -0.39 is 0 Å². The molecule has 1 aromatic heterocycles. The molecular weight excluding hydrogens is 202 g/mol. The normalized spacial score (nSPS) is 10.0. The highest BCUT2D eigenvalue weighted by molar-refractivity contribution is 5.92. The average molecular weight is 221 g/mol. The maximum atomic E-state index is 12.0. The Labute approximate surface area is 96.9 Å². The van der Waals surface area contributed by atoms with Crippen LogP contribution in [0.2, 0.25) is 0 Å². The number of hydrogen-bond donors (Lipinski definition) is 0. The van der Waals surface area contributed by atoms with Gasteiger partial charge in [0.1, 0.15) is 11.5 Å². The van der Waals surface area contributed by atoms with Crippen LogP contribution in [-0.4, -0.2) is 43.0 Å². The Kier molecular flexibility index (Phi) is 4.28. The first kappa shape index (κ1) is 12.5. The van der Waals surface area contributed by atoms with E-state index in [9.17, 15) is 4.79 Å². The third-order valence-electron chi connectivity index (χ3n) is 2.46. The summed E-state index contributed by atoms with van der Waals surface area (Å²) in [6.07, 6.45) is 0. The van der Waals surface area contributed by atoms with Crippen LogP contribution in [0.4, 0.5) is 5.82 Å². The molecule has 1 amide bonds. The summed E-state index contributed by atoms with van der Waals surface area (Å²) in [5, 5.41) is 0. The lowest BCUT2D eigenvalue weighted by Crippen LogP contribution is -2.31. The predicted molar refractivity (Wildman–Crippen MR) is 65.8 cm³/mol. The number of carbonyl (C=O) groups is 1. The number of hydrogen-bond acceptors (Lipinski definition) is 3. The third kappa shape index (κ3) is 2.72. The van der Waals surface area contributed by atoms with E-state index in [0.29, 0.717) is 18.8 Å². The number of aromatic nitrogens is 1. The number of anilines is 1. The molecule has 0 aliphatic heterocycles. The lowest BCUT2D eigenvalue weighted by molar-refractivity contribution is 0.0767. The minimum Gasteiger partial charge on any atom is -0.363 e. The van der Waals surface area contributed by atoms with Gasteiger partial charge in [0.2, 0.25) is 0 Å². The van der Waals surface area contributed by atoms with Crippen molar-refractivity contribution in [3.8, 4) is 0 Å². The average Bonchev–Trinajstić information content (AvgIpc) is 2.30. The van der Waals surface area contributed by atoms with Crippen molar-refractivity contribution in [2.24, 2.45) is 0 Å². The van der Waals surface area contributed by atoms with Crippen molar-refractivity contribution in [1.29, 1.82) is 0 Å². The van der Waals surface area contributed by atoms with Gasteiger partial charge in [-0.05, 0) is 26.0 Å². The van der Waals surface area contributed by atoms with Gasteiger partial charge in [-0.3, -0.25) is 4.79 Å². The van der Waals surface area contributed by atoms with Crippen molar-refractivity contribution in [2.45, 2.75) is 13.8 Å². The summed E-state index contributed by atoms with van der Waals surface area (Å²) in [4.78, 5) is 20.0.